The number of nitrogens with one attached hydrogen (secondary N) is 3. The van der Waals surface area contributed by atoms with Crippen molar-refractivity contribution in [2.45, 2.75) is 6.92 Å². The van der Waals surface area contributed by atoms with Gasteiger partial charge in [0, 0.05) is 24.1 Å². The molecule has 0 bridgehead atoms. The van der Waals surface area contributed by atoms with Gasteiger partial charge in [0.05, 0.1) is 0 Å². The van der Waals surface area contributed by atoms with E-state index in [2.05, 4.69) is 20.8 Å². The van der Waals surface area contributed by atoms with Gasteiger partial charge in [-0.3, -0.25) is 9.89 Å². The summed E-state index contributed by atoms with van der Waals surface area (Å²) in [7, 11) is 1.59. The molecule has 1 aromatic carbocycles. The minimum Gasteiger partial charge on any atom is -0.399 e. The van der Waals surface area contributed by atoms with Gasteiger partial charge in [-0.05, 0) is 31.2 Å². The van der Waals surface area contributed by atoms with Crippen LogP contribution in [0.15, 0.2) is 24.3 Å². The Morgan fingerprint density at radius 3 is 2.61 bits per heavy atom. The number of carbonyl (C=O) groups is 1. The van der Waals surface area contributed by atoms with E-state index in [0.29, 0.717) is 22.8 Å². The van der Waals surface area contributed by atoms with Crippen molar-refractivity contribution < 1.29 is 4.79 Å². The number of carbonyl (C=O) groups excluding carboxylic acids is 1. The summed E-state index contributed by atoms with van der Waals surface area (Å²) in [6.07, 6.45) is 0. The molecule has 2 rings (SSSR count). The van der Waals surface area contributed by atoms with Crippen molar-refractivity contribution >= 4 is 23.1 Å². The molecule has 5 N–H and O–H groups in total. The fourth-order valence-electron chi connectivity index (χ4n) is 1.63. The molecular weight excluding hydrogens is 230 g/mol. The monoisotopic (exact) mass is 245 g/mol. The molecule has 6 heteroatoms. The van der Waals surface area contributed by atoms with Crippen molar-refractivity contribution in [3.63, 3.8) is 0 Å². The number of amides is 1. The van der Waals surface area contributed by atoms with Gasteiger partial charge in [0.15, 0.2) is 5.82 Å². The summed E-state index contributed by atoms with van der Waals surface area (Å²) >= 11 is 0. The maximum absolute atomic E-state index is 11.7. The van der Waals surface area contributed by atoms with E-state index in [0.717, 1.165) is 5.69 Å². The van der Waals surface area contributed by atoms with Crippen molar-refractivity contribution in [3.05, 3.63) is 35.5 Å². The van der Waals surface area contributed by atoms with Crippen LogP contribution in [0.5, 0.6) is 0 Å². The first-order valence-electron chi connectivity index (χ1n) is 5.51. The van der Waals surface area contributed by atoms with E-state index in [9.17, 15) is 4.79 Å². The second-order valence-corrected chi connectivity index (χ2v) is 3.90. The van der Waals surface area contributed by atoms with Gasteiger partial charge in [-0.25, -0.2) is 0 Å². The maximum Gasteiger partial charge on any atom is 0.256 e. The van der Waals surface area contributed by atoms with Crippen LogP contribution < -0.4 is 16.4 Å². The average Bonchev–Trinajstić information content (AvgIpc) is 2.72. The number of aromatic nitrogens is 2. The highest BCUT2D eigenvalue weighted by molar-refractivity contribution is 6.00. The van der Waals surface area contributed by atoms with Gasteiger partial charge in [-0.2, -0.15) is 5.10 Å². The summed E-state index contributed by atoms with van der Waals surface area (Å²) in [6, 6.07) is 7.21. The van der Waals surface area contributed by atoms with E-state index < -0.39 is 0 Å². The highest BCUT2D eigenvalue weighted by Crippen LogP contribution is 2.21. The molecule has 0 unspecified atom stereocenters. The molecule has 0 radical (unpaired) electrons. The Morgan fingerprint density at radius 2 is 2.00 bits per heavy atom. The Hall–Kier alpha value is -2.50. The first-order chi connectivity index (χ1) is 8.61. The zero-order valence-corrected chi connectivity index (χ0v) is 10.2. The van der Waals surface area contributed by atoms with E-state index in [-0.39, 0.29) is 5.91 Å². The number of nitrogens with zero attached hydrogens (tertiary/aromatic N) is 1. The second-order valence-electron chi connectivity index (χ2n) is 3.90. The quantitative estimate of drug-likeness (QED) is 0.615. The van der Waals surface area contributed by atoms with E-state index in [1.807, 2.05) is 12.1 Å². The summed E-state index contributed by atoms with van der Waals surface area (Å²) in [5.41, 5.74) is 8.34. The molecule has 18 heavy (non-hydrogen) atoms. The lowest BCUT2D eigenvalue weighted by atomic mass is 10.2. The summed E-state index contributed by atoms with van der Waals surface area (Å²) < 4.78 is 0. The Morgan fingerprint density at radius 1 is 1.33 bits per heavy atom. The predicted octanol–water partition coefficient (Wildman–Crippen LogP) is 1.40. The van der Waals surface area contributed by atoms with Crippen molar-refractivity contribution in [2.75, 3.05) is 18.1 Å². The second kappa shape index (κ2) is 4.79. The van der Waals surface area contributed by atoms with Crippen LogP contribution in [0.1, 0.15) is 16.1 Å². The van der Waals surface area contributed by atoms with E-state index in [1.54, 1.807) is 26.1 Å². The lowest BCUT2D eigenvalue weighted by Crippen LogP contribution is -2.19. The molecule has 0 spiro atoms. The van der Waals surface area contributed by atoms with Crippen molar-refractivity contribution in [1.29, 1.82) is 0 Å². The predicted molar refractivity (Wildman–Crippen MR) is 70.9 cm³/mol. The molecule has 1 aromatic heterocycles. The largest absolute Gasteiger partial charge is 0.399 e. The van der Waals surface area contributed by atoms with Crippen molar-refractivity contribution in [1.82, 2.24) is 15.5 Å². The third-order valence-corrected chi connectivity index (χ3v) is 2.57. The van der Waals surface area contributed by atoms with Gasteiger partial charge in [0.2, 0.25) is 0 Å². The number of nitrogen functional groups attached to an aromatic ring is 1. The highest BCUT2D eigenvalue weighted by atomic mass is 16.1. The van der Waals surface area contributed by atoms with Gasteiger partial charge in [0.1, 0.15) is 5.56 Å². The fourth-order valence-corrected chi connectivity index (χ4v) is 1.63. The smallest absolute Gasteiger partial charge is 0.256 e. The third kappa shape index (κ3) is 2.27. The van der Waals surface area contributed by atoms with Gasteiger partial charge in [-0.1, -0.05) is 0 Å². The first kappa shape index (κ1) is 12.0. The van der Waals surface area contributed by atoms with Crippen LogP contribution in [0.25, 0.3) is 0 Å². The van der Waals surface area contributed by atoms with Crippen LogP contribution in [-0.2, 0) is 0 Å². The molecule has 94 valence electrons. The number of hydrogen-bond donors (Lipinski definition) is 4. The topological polar surface area (TPSA) is 95.8 Å². The van der Waals surface area contributed by atoms with Crippen LogP contribution in [0, 0.1) is 6.92 Å². The maximum atomic E-state index is 11.7. The lowest BCUT2D eigenvalue weighted by molar-refractivity contribution is 0.0963. The Labute approximate surface area is 105 Å². The number of H-pyrrole nitrogens is 1. The first-order valence-corrected chi connectivity index (χ1v) is 5.51. The van der Waals surface area contributed by atoms with Gasteiger partial charge in [-0.15, -0.1) is 0 Å². The third-order valence-electron chi connectivity index (χ3n) is 2.57. The molecule has 2 aromatic rings. The normalized spacial score (nSPS) is 10.1. The number of nitrogens with two attached hydrogens (primary N) is 1. The summed E-state index contributed by atoms with van der Waals surface area (Å²) in [4.78, 5) is 11.7. The molecule has 0 aliphatic carbocycles. The molecule has 6 nitrogen and oxygen atoms in total. The lowest BCUT2D eigenvalue weighted by Gasteiger charge is -2.06. The van der Waals surface area contributed by atoms with Gasteiger partial charge in [0.25, 0.3) is 5.91 Å². The van der Waals surface area contributed by atoms with Crippen LogP contribution >= 0.6 is 0 Å². The van der Waals surface area contributed by atoms with E-state index >= 15 is 0 Å². The number of benzene rings is 1. The molecule has 1 heterocycles. The Bertz CT molecular complexity index is 558. The SMILES string of the molecule is CNC(=O)c1c(Nc2ccc(N)cc2)n[nH]c1C. The zero-order valence-electron chi connectivity index (χ0n) is 10.2. The molecule has 0 saturated heterocycles. The van der Waals surface area contributed by atoms with Crippen LogP contribution in [0.4, 0.5) is 17.2 Å². The molecule has 0 saturated carbocycles. The number of aromatic amines is 1. The number of aryl methyl sites for hydroxylation is 1. The minimum atomic E-state index is -0.181. The summed E-state index contributed by atoms with van der Waals surface area (Å²) in [6.45, 7) is 1.80. The average molecular weight is 245 g/mol. The number of anilines is 3. The van der Waals surface area contributed by atoms with Crippen LogP contribution in [-0.4, -0.2) is 23.2 Å². The summed E-state index contributed by atoms with van der Waals surface area (Å²) in [5, 5.41) is 12.5. The van der Waals surface area contributed by atoms with Crippen molar-refractivity contribution in [3.8, 4) is 0 Å². The molecule has 0 atom stereocenters. The molecular formula is C12H15N5O. The minimum absolute atomic E-state index is 0.181. The molecule has 0 fully saturated rings. The van der Waals surface area contributed by atoms with Crippen molar-refractivity contribution in [2.24, 2.45) is 0 Å². The number of hydrogen-bond acceptors (Lipinski definition) is 4. The van der Waals surface area contributed by atoms with E-state index in [4.69, 9.17) is 5.73 Å². The zero-order chi connectivity index (χ0) is 13.1. The molecule has 0 aliphatic heterocycles. The Balaban J connectivity index is 2.29. The standard InChI is InChI=1S/C12H15N5O/c1-7-10(12(18)14-2)11(17-16-7)15-9-5-3-8(13)4-6-9/h3-6H,13H2,1-2H3,(H,14,18)(H2,15,16,17). The van der Waals surface area contributed by atoms with E-state index in [1.165, 1.54) is 0 Å². The van der Waals surface area contributed by atoms with Crippen LogP contribution in [0.3, 0.4) is 0 Å². The number of rotatable bonds is 3. The molecule has 0 aliphatic rings. The fraction of sp³-hybridized carbons (Fsp3) is 0.167. The Kier molecular flexibility index (Phi) is 3.18. The van der Waals surface area contributed by atoms with Crippen LogP contribution in [0.2, 0.25) is 0 Å². The van der Waals surface area contributed by atoms with Gasteiger partial charge >= 0.3 is 0 Å². The van der Waals surface area contributed by atoms with Gasteiger partial charge < -0.3 is 16.4 Å². The summed E-state index contributed by atoms with van der Waals surface area (Å²) in [5.74, 6) is 0.316. The highest BCUT2D eigenvalue weighted by Gasteiger charge is 2.16. The molecule has 1 amide bonds.